The van der Waals surface area contributed by atoms with Gasteiger partial charge in [-0.25, -0.2) is 4.79 Å². The lowest BCUT2D eigenvalue weighted by Gasteiger charge is -2.37. The molecule has 2 aromatic carbocycles. The lowest BCUT2D eigenvalue weighted by Crippen LogP contribution is -2.52. The van der Waals surface area contributed by atoms with Crippen LogP contribution in [0.2, 0.25) is 0 Å². The van der Waals surface area contributed by atoms with E-state index >= 15 is 0 Å². The van der Waals surface area contributed by atoms with Crippen molar-refractivity contribution in [1.82, 2.24) is 0 Å². The Bertz CT molecular complexity index is 952. The van der Waals surface area contributed by atoms with Crippen molar-refractivity contribution in [2.24, 2.45) is 17.3 Å². The Balaban J connectivity index is 2.32. The van der Waals surface area contributed by atoms with Crippen molar-refractivity contribution in [3.8, 4) is 0 Å². The van der Waals surface area contributed by atoms with Crippen LogP contribution in [0, 0.1) is 17.3 Å². The molecule has 33 heavy (non-hydrogen) atoms. The molecular weight excluding hydrogens is 428 g/mol. The topological polar surface area (TPSA) is 127 Å². The molecule has 8 nitrogen and oxygen atoms in total. The maximum absolute atomic E-state index is 12.8. The fraction of sp³-hybridized carbons (Fsp3) is 0.280. The fourth-order valence-corrected chi connectivity index (χ4v) is 3.65. The number of benzene rings is 2. The molecule has 0 amide bonds. The van der Waals surface area contributed by atoms with Gasteiger partial charge in [-0.2, -0.15) is 0 Å². The third kappa shape index (κ3) is 5.65. The zero-order valence-electron chi connectivity index (χ0n) is 18.4. The molecule has 0 aromatic heterocycles. The van der Waals surface area contributed by atoms with Crippen molar-refractivity contribution in [2.45, 2.75) is 27.1 Å². The molecular formula is C25H26O8. The highest BCUT2D eigenvalue weighted by Gasteiger charge is 2.58. The van der Waals surface area contributed by atoms with Crippen molar-refractivity contribution in [3.63, 3.8) is 0 Å². The number of carboxylic acid groups (broad SMARTS) is 2. The minimum absolute atomic E-state index is 0.147. The number of carboxylic acids is 2. The summed E-state index contributed by atoms with van der Waals surface area (Å²) in [6.07, 6.45) is 0. The molecule has 0 saturated heterocycles. The van der Waals surface area contributed by atoms with Crippen molar-refractivity contribution in [1.29, 1.82) is 0 Å². The van der Waals surface area contributed by atoms with Crippen LogP contribution in [0.15, 0.2) is 72.8 Å². The van der Waals surface area contributed by atoms with Gasteiger partial charge in [-0.3, -0.25) is 14.4 Å². The third-order valence-corrected chi connectivity index (χ3v) is 5.63. The zero-order chi connectivity index (χ0) is 24.6. The molecule has 0 fully saturated rings. The van der Waals surface area contributed by atoms with E-state index in [0.717, 1.165) is 0 Å². The first-order chi connectivity index (χ1) is 15.6. The van der Waals surface area contributed by atoms with Gasteiger partial charge in [0.15, 0.2) is 0 Å². The van der Waals surface area contributed by atoms with Crippen molar-refractivity contribution < 1.29 is 38.9 Å². The Labute approximate surface area is 191 Å². The number of hydrogen-bond acceptors (Lipinski definition) is 6. The average Bonchev–Trinajstić information content (AvgIpc) is 2.82. The molecule has 2 unspecified atom stereocenters. The lowest BCUT2D eigenvalue weighted by atomic mass is 9.63. The highest BCUT2D eigenvalue weighted by atomic mass is 16.5. The number of hydrogen-bond donors (Lipinski definition) is 2. The van der Waals surface area contributed by atoms with E-state index in [1.54, 1.807) is 60.7 Å². The summed E-state index contributed by atoms with van der Waals surface area (Å²) < 4.78 is 10.5. The molecule has 0 bridgehead atoms. The molecule has 2 rings (SSSR count). The fourth-order valence-electron chi connectivity index (χ4n) is 3.65. The molecule has 2 N–H and O–H groups in total. The normalized spacial score (nSPS) is 14.2. The molecule has 2 atom stereocenters. The highest BCUT2D eigenvalue weighted by molar-refractivity contribution is 6.01. The third-order valence-electron chi connectivity index (χ3n) is 5.63. The van der Waals surface area contributed by atoms with Gasteiger partial charge < -0.3 is 19.7 Å². The predicted molar refractivity (Wildman–Crippen MR) is 118 cm³/mol. The van der Waals surface area contributed by atoms with Crippen LogP contribution in [0.1, 0.15) is 25.0 Å². The largest absolute Gasteiger partial charge is 0.481 e. The second-order valence-electron chi connectivity index (χ2n) is 7.59. The second kappa shape index (κ2) is 11.1. The summed E-state index contributed by atoms with van der Waals surface area (Å²) in [5.74, 6) is -8.41. The number of ether oxygens (including phenoxy) is 2. The van der Waals surface area contributed by atoms with Gasteiger partial charge in [-0.15, -0.1) is 0 Å². The van der Waals surface area contributed by atoms with Gasteiger partial charge in [0, 0.05) is 5.57 Å². The number of carbonyl (C=O) groups is 4. The van der Waals surface area contributed by atoms with Gasteiger partial charge >= 0.3 is 23.9 Å². The van der Waals surface area contributed by atoms with Crippen molar-refractivity contribution in [2.75, 3.05) is 0 Å². The molecule has 2 aromatic rings. The van der Waals surface area contributed by atoms with Crippen LogP contribution in [0.3, 0.4) is 0 Å². The Morgan fingerprint density at radius 2 is 1.15 bits per heavy atom. The molecule has 0 aliphatic carbocycles. The summed E-state index contributed by atoms with van der Waals surface area (Å²) in [6.45, 7) is 5.51. The van der Waals surface area contributed by atoms with E-state index in [9.17, 15) is 29.4 Å². The van der Waals surface area contributed by atoms with E-state index in [4.69, 9.17) is 9.47 Å². The van der Waals surface area contributed by atoms with Gasteiger partial charge in [0.05, 0.1) is 11.8 Å². The maximum atomic E-state index is 12.8. The molecule has 0 radical (unpaired) electrons. The van der Waals surface area contributed by atoms with E-state index in [2.05, 4.69) is 6.58 Å². The first kappa shape index (κ1) is 25.3. The van der Waals surface area contributed by atoms with E-state index in [1.165, 1.54) is 13.8 Å². The summed E-state index contributed by atoms with van der Waals surface area (Å²) >= 11 is 0. The molecule has 0 heterocycles. The number of esters is 2. The van der Waals surface area contributed by atoms with E-state index in [0.29, 0.717) is 11.1 Å². The van der Waals surface area contributed by atoms with Crippen LogP contribution >= 0.6 is 0 Å². The quantitative estimate of drug-likeness (QED) is 0.390. The smallest absolute Gasteiger partial charge is 0.332 e. The number of carbonyl (C=O) groups excluding carboxylic acids is 2. The zero-order valence-corrected chi connectivity index (χ0v) is 18.4. The minimum atomic E-state index is -2.49. The first-order valence-corrected chi connectivity index (χ1v) is 10.2. The summed E-state index contributed by atoms with van der Waals surface area (Å²) in [6, 6.07) is 17.4. The highest BCUT2D eigenvalue weighted by Crippen LogP contribution is 2.44. The molecule has 0 spiro atoms. The Kier molecular flexibility index (Phi) is 8.50. The number of rotatable bonds is 11. The summed E-state index contributed by atoms with van der Waals surface area (Å²) in [7, 11) is 0. The van der Waals surface area contributed by atoms with Gasteiger partial charge in [0.1, 0.15) is 18.6 Å². The van der Waals surface area contributed by atoms with E-state index in [1.807, 2.05) is 0 Å². The molecule has 8 heteroatoms. The lowest BCUT2D eigenvalue weighted by molar-refractivity contribution is -0.174. The van der Waals surface area contributed by atoms with Gasteiger partial charge in [0.25, 0.3) is 0 Å². The Hall–Kier alpha value is -3.94. The van der Waals surface area contributed by atoms with Crippen LogP contribution in [0.5, 0.6) is 0 Å². The second-order valence-corrected chi connectivity index (χ2v) is 7.59. The maximum Gasteiger partial charge on any atom is 0.332 e. The monoisotopic (exact) mass is 454 g/mol. The minimum Gasteiger partial charge on any atom is -0.481 e. The molecule has 0 aliphatic rings. The van der Waals surface area contributed by atoms with Gasteiger partial charge in [0.2, 0.25) is 0 Å². The van der Waals surface area contributed by atoms with Gasteiger partial charge in [-0.1, -0.05) is 81.1 Å². The molecule has 0 saturated carbocycles. The Morgan fingerprint density at radius 1 is 0.788 bits per heavy atom. The number of aliphatic carboxylic acids is 2. The van der Waals surface area contributed by atoms with Crippen LogP contribution in [0.4, 0.5) is 0 Å². The van der Waals surface area contributed by atoms with Crippen LogP contribution in [-0.4, -0.2) is 34.1 Å². The summed E-state index contributed by atoms with van der Waals surface area (Å²) in [4.78, 5) is 49.9. The molecule has 174 valence electrons. The van der Waals surface area contributed by atoms with Crippen LogP contribution in [-0.2, 0) is 41.9 Å². The summed E-state index contributed by atoms with van der Waals surface area (Å²) in [5, 5.41) is 19.7. The standard InChI is InChI=1S/C25H26O8/c1-16(21(26)27)25(24(30)31,17(2)22(28)32-14-19-10-6-4-7-11-19)18(3)23(29)33-15-20-12-8-5-9-13-20/h4-13,17-18H,1,14-15H2,2-3H3,(H,26,27)(H,30,31). The first-order valence-electron chi connectivity index (χ1n) is 10.2. The Morgan fingerprint density at radius 3 is 1.45 bits per heavy atom. The van der Waals surface area contributed by atoms with Crippen LogP contribution < -0.4 is 0 Å². The summed E-state index contributed by atoms with van der Waals surface area (Å²) in [5.41, 5.74) is -1.99. The average molecular weight is 454 g/mol. The molecule has 0 aliphatic heterocycles. The van der Waals surface area contributed by atoms with Crippen molar-refractivity contribution in [3.05, 3.63) is 83.9 Å². The van der Waals surface area contributed by atoms with E-state index in [-0.39, 0.29) is 13.2 Å². The predicted octanol–water partition coefficient (Wildman–Crippen LogP) is 3.46. The SMILES string of the molecule is C=C(C(=O)O)C(C(=O)O)(C(C)C(=O)OCc1ccccc1)C(C)C(=O)OCc1ccccc1. The van der Waals surface area contributed by atoms with Crippen LogP contribution in [0.25, 0.3) is 0 Å². The van der Waals surface area contributed by atoms with E-state index < -0.39 is 46.7 Å². The van der Waals surface area contributed by atoms with Gasteiger partial charge in [-0.05, 0) is 11.1 Å². The van der Waals surface area contributed by atoms with Crippen molar-refractivity contribution >= 4 is 23.9 Å².